The Morgan fingerprint density at radius 2 is 1.54 bits per heavy atom. The van der Waals surface area contributed by atoms with E-state index in [4.69, 9.17) is 0 Å². The van der Waals surface area contributed by atoms with E-state index < -0.39 is 5.91 Å². The SMILES string of the molecule is O=C(NNC(=O)c1ccccc1Sc1ccc(Br)cn1)c1ccccc1. The van der Waals surface area contributed by atoms with Gasteiger partial charge in [-0.25, -0.2) is 4.98 Å². The summed E-state index contributed by atoms with van der Waals surface area (Å²) in [5.74, 6) is -0.770. The molecule has 0 saturated carbocycles. The number of aromatic nitrogens is 1. The summed E-state index contributed by atoms with van der Waals surface area (Å²) in [5.41, 5.74) is 5.80. The number of carbonyl (C=O) groups excluding carboxylic acids is 2. The average molecular weight is 428 g/mol. The summed E-state index contributed by atoms with van der Waals surface area (Å²) >= 11 is 4.72. The van der Waals surface area contributed by atoms with Gasteiger partial charge in [-0.2, -0.15) is 0 Å². The quantitative estimate of drug-likeness (QED) is 0.615. The lowest BCUT2D eigenvalue weighted by Gasteiger charge is -2.10. The monoisotopic (exact) mass is 427 g/mol. The van der Waals surface area contributed by atoms with E-state index in [1.54, 1.807) is 42.6 Å². The van der Waals surface area contributed by atoms with Gasteiger partial charge in [0.15, 0.2) is 0 Å². The van der Waals surface area contributed by atoms with Crippen LogP contribution in [0.1, 0.15) is 20.7 Å². The van der Waals surface area contributed by atoms with Crippen LogP contribution in [-0.2, 0) is 0 Å². The van der Waals surface area contributed by atoms with Crippen LogP contribution in [0.4, 0.5) is 0 Å². The first kappa shape index (κ1) is 18.2. The zero-order valence-electron chi connectivity index (χ0n) is 13.5. The highest BCUT2D eigenvalue weighted by Crippen LogP contribution is 2.29. The Kier molecular flexibility index (Phi) is 6.04. The molecule has 130 valence electrons. The molecule has 0 saturated heterocycles. The van der Waals surface area contributed by atoms with Crippen LogP contribution in [0.2, 0.25) is 0 Å². The lowest BCUT2D eigenvalue weighted by Crippen LogP contribution is -2.41. The molecule has 0 unspecified atom stereocenters. The molecule has 0 aliphatic carbocycles. The minimum atomic E-state index is -0.394. The fourth-order valence-electron chi connectivity index (χ4n) is 2.12. The highest BCUT2D eigenvalue weighted by molar-refractivity contribution is 9.10. The predicted molar refractivity (Wildman–Crippen MR) is 104 cm³/mol. The van der Waals surface area contributed by atoms with Gasteiger partial charge in [0.05, 0.1) is 5.56 Å². The second-order valence-corrected chi connectivity index (χ2v) is 7.17. The zero-order valence-corrected chi connectivity index (χ0v) is 15.9. The summed E-state index contributed by atoms with van der Waals surface area (Å²) in [6, 6.07) is 19.6. The van der Waals surface area contributed by atoms with Crippen molar-refractivity contribution in [2.24, 2.45) is 0 Å². The summed E-state index contributed by atoms with van der Waals surface area (Å²) in [6.45, 7) is 0. The first-order valence-corrected chi connectivity index (χ1v) is 9.28. The molecule has 3 aromatic rings. The number of nitrogens with one attached hydrogen (secondary N) is 2. The Balaban J connectivity index is 1.69. The van der Waals surface area contributed by atoms with Crippen molar-refractivity contribution in [3.63, 3.8) is 0 Å². The third-order valence-corrected chi connectivity index (χ3v) is 4.87. The fourth-order valence-corrected chi connectivity index (χ4v) is 3.24. The molecule has 2 amide bonds. The molecule has 0 fully saturated rings. The first-order chi connectivity index (χ1) is 12.6. The number of carbonyl (C=O) groups is 2. The predicted octanol–water partition coefficient (Wildman–Crippen LogP) is 4.07. The summed E-state index contributed by atoms with van der Waals surface area (Å²) in [5, 5.41) is 0.766. The van der Waals surface area contributed by atoms with Crippen molar-refractivity contribution in [2.45, 2.75) is 9.92 Å². The van der Waals surface area contributed by atoms with E-state index in [1.807, 2.05) is 30.3 Å². The van der Waals surface area contributed by atoms with Gasteiger partial charge < -0.3 is 0 Å². The molecule has 0 aliphatic rings. The van der Waals surface area contributed by atoms with Crippen LogP contribution >= 0.6 is 27.7 Å². The van der Waals surface area contributed by atoms with Crippen molar-refractivity contribution in [3.05, 3.63) is 88.5 Å². The number of rotatable bonds is 4. The van der Waals surface area contributed by atoms with Gasteiger partial charge in [-0.1, -0.05) is 42.1 Å². The minimum Gasteiger partial charge on any atom is -0.267 e. The van der Waals surface area contributed by atoms with Crippen LogP contribution in [0.3, 0.4) is 0 Å². The van der Waals surface area contributed by atoms with Crippen LogP contribution in [-0.4, -0.2) is 16.8 Å². The van der Waals surface area contributed by atoms with Gasteiger partial charge in [0, 0.05) is 21.1 Å². The number of nitrogens with zero attached hydrogens (tertiary/aromatic N) is 1. The Hall–Kier alpha value is -2.64. The maximum atomic E-state index is 12.5. The van der Waals surface area contributed by atoms with E-state index in [1.165, 1.54) is 11.8 Å². The normalized spacial score (nSPS) is 10.2. The topological polar surface area (TPSA) is 71.1 Å². The van der Waals surface area contributed by atoms with Crippen molar-refractivity contribution in [1.82, 2.24) is 15.8 Å². The Morgan fingerprint density at radius 1 is 0.846 bits per heavy atom. The number of hydrazine groups is 1. The maximum Gasteiger partial charge on any atom is 0.270 e. The highest BCUT2D eigenvalue weighted by Gasteiger charge is 2.14. The first-order valence-electron chi connectivity index (χ1n) is 7.67. The van der Waals surface area contributed by atoms with E-state index >= 15 is 0 Å². The Labute approximate surface area is 163 Å². The molecule has 0 spiro atoms. The van der Waals surface area contributed by atoms with E-state index in [0.29, 0.717) is 11.1 Å². The van der Waals surface area contributed by atoms with Crippen molar-refractivity contribution in [2.75, 3.05) is 0 Å². The van der Waals surface area contributed by atoms with Gasteiger partial charge in [0.2, 0.25) is 0 Å². The van der Waals surface area contributed by atoms with Crippen LogP contribution in [0.5, 0.6) is 0 Å². The lowest BCUT2D eigenvalue weighted by molar-refractivity contribution is 0.0845. The molecule has 5 nitrogen and oxygen atoms in total. The van der Waals surface area contributed by atoms with Crippen LogP contribution in [0.25, 0.3) is 0 Å². The second-order valence-electron chi connectivity index (χ2n) is 5.19. The highest BCUT2D eigenvalue weighted by atomic mass is 79.9. The van der Waals surface area contributed by atoms with Crippen molar-refractivity contribution >= 4 is 39.5 Å². The largest absolute Gasteiger partial charge is 0.270 e. The van der Waals surface area contributed by atoms with E-state index in [-0.39, 0.29) is 5.91 Å². The molecular formula is C19H14BrN3O2S. The standard InChI is InChI=1S/C19H14BrN3O2S/c20-14-10-11-17(21-12-14)26-16-9-5-4-8-15(16)19(25)23-22-18(24)13-6-2-1-3-7-13/h1-12H,(H,22,24)(H,23,25). The minimum absolute atomic E-state index is 0.376. The van der Waals surface area contributed by atoms with E-state index in [9.17, 15) is 9.59 Å². The average Bonchev–Trinajstić information content (AvgIpc) is 2.68. The molecular weight excluding hydrogens is 414 g/mol. The number of hydrogen-bond donors (Lipinski definition) is 2. The molecule has 0 aliphatic heterocycles. The molecule has 7 heteroatoms. The maximum absolute atomic E-state index is 12.5. The molecule has 0 bridgehead atoms. The summed E-state index contributed by atoms with van der Waals surface area (Å²) in [7, 11) is 0. The smallest absolute Gasteiger partial charge is 0.267 e. The van der Waals surface area contributed by atoms with Crippen molar-refractivity contribution in [1.29, 1.82) is 0 Å². The second kappa shape index (κ2) is 8.64. The molecule has 1 heterocycles. The molecule has 1 aromatic heterocycles. The summed E-state index contributed by atoms with van der Waals surface area (Å²) in [6.07, 6.45) is 1.70. The number of hydrogen-bond acceptors (Lipinski definition) is 4. The van der Waals surface area contributed by atoms with Crippen molar-refractivity contribution in [3.8, 4) is 0 Å². The van der Waals surface area contributed by atoms with Gasteiger partial charge in [-0.3, -0.25) is 20.4 Å². The zero-order chi connectivity index (χ0) is 18.4. The Morgan fingerprint density at radius 3 is 2.27 bits per heavy atom. The van der Waals surface area contributed by atoms with Crippen LogP contribution in [0, 0.1) is 0 Å². The fraction of sp³-hybridized carbons (Fsp3) is 0. The number of halogens is 1. The van der Waals surface area contributed by atoms with Gasteiger partial charge in [0.1, 0.15) is 5.03 Å². The molecule has 2 N–H and O–H groups in total. The van der Waals surface area contributed by atoms with Gasteiger partial charge >= 0.3 is 0 Å². The molecule has 0 atom stereocenters. The Bertz CT molecular complexity index is 918. The molecule has 0 radical (unpaired) electrons. The molecule has 2 aromatic carbocycles. The summed E-state index contributed by atoms with van der Waals surface area (Å²) < 4.78 is 0.886. The number of amides is 2. The van der Waals surface area contributed by atoms with Crippen LogP contribution < -0.4 is 10.9 Å². The number of pyridine rings is 1. The molecule has 3 rings (SSSR count). The summed E-state index contributed by atoms with van der Waals surface area (Å²) in [4.78, 5) is 29.6. The van der Waals surface area contributed by atoms with Gasteiger partial charge in [-0.05, 0) is 52.3 Å². The number of benzene rings is 2. The van der Waals surface area contributed by atoms with E-state index in [2.05, 4.69) is 31.8 Å². The third kappa shape index (κ3) is 4.71. The van der Waals surface area contributed by atoms with Crippen molar-refractivity contribution < 1.29 is 9.59 Å². The third-order valence-electron chi connectivity index (χ3n) is 3.37. The van der Waals surface area contributed by atoms with Gasteiger partial charge in [0.25, 0.3) is 11.8 Å². The molecule has 26 heavy (non-hydrogen) atoms. The lowest BCUT2D eigenvalue weighted by atomic mass is 10.2. The van der Waals surface area contributed by atoms with Crippen LogP contribution in [0.15, 0.2) is 87.3 Å². The van der Waals surface area contributed by atoms with Gasteiger partial charge in [-0.15, -0.1) is 0 Å². The van der Waals surface area contributed by atoms with E-state index in [0.717, 1.165) is 14.4 Å².